The van der Waals surface area contributed by atoms with Gasteiger partial charge in [0.1, 0.15) is 0 Å². The number of nitrogens with zero attached hydrogens (tertiary/aromatic N) is 2. The molecule has 1 saturated heterocycles. The molecule has 6 heteroatoms. The van der Waals surface area contributed by atoms with Crippen molar-refractivity contribution in [1.82, 2.24) is 20.9 Å². The zero-order valence-corrected chi connectivity index (χ0v) is 18.6. The fourth-order valence-corrected chi connectivity index (χ4v) is 3.73. The van der Waals surface area contributed by atoms with Crippen molar-refractivity contribution in [2.45, 2.75) is 52.0 Å². The molecule has 0 unspecified atom stereocenters. The van der Waals surface area contributed by atoms with Crippen LogP contribution >= 0.6 is 0 Å². The average Bonchev–Trinajstić information content (AvgIpc) is 2.73. The van der Waals surface area contributed by atoms with Crippen LogP contribution in [0.4, 0.5) is 0 Å². The lowest BCUT2D eigenvalue weighted by atomic mass is 9.86. The maximum absolute atomic E-state index is 11.5. The number of nitrogens with one attached hydrogen (secondary N) is 3. The number of rotatable bonds is 9. The molecule has 0 atom stereocenters. The molecule has 1 aliphatic rings. The quantitative estimate of drug-likeness (QED) is 0.439. The van der Waals surface area contributed by atoms with Crippen LogP contribution in [-0.4, -0.2) is 63.1 Å². The van der Waals surface area contributed by atoms with Crippen LogP contribution in [0.25, 0.3) is 0 Å². The van der Waals surface area contributed by atoms with Gasteiger partial charge in [-0.15, -0.1) is 0 Å². The first-order valence-corrected chi connectivity index (χ1v) is 10.9. The Kier molecular flexibility index (Phi) is 9.45. The lowest BCUT2D eigenvalue weighted by molar-refractivity contribution is -0.122. The van der Waals surface area contributed by atoms with Gasteiger partial charge in [0, 0.05) is 39.8 Å². The van der Waals surface area contributed by atoms with Crippen LogP contribution in [0.1, 0.15) is 45.1 Å². The third-order valence-electron chi connectivity index (χ3n) is 5.69. The summed E-state index contributed by atoms with van der Waals surface area (Å²) in [5.41, 5.74) is 1.63. The van der Waals surface area contributed by atoms with E-state index in [9.17, 15) is 4.79 Å². The molecule has 0 aliphatic carbocycles. The maximum atomic E-state index is 11.5. The second-order valence-corrected chi connectivity index (χ2v) is 8.80. The summed E-state index contributed by atoms with van der Waals surface area (Å²) in [5.74, 6) is 0.967. The van der Waals surface area contributed by atoms with E-state index in [1.165, 1.54) is 18.4 Å². The summed E-state index contributed by atoms with van der Waals surface area (Å²) >= 11 is 0. The minimum atomic E-state index is 0.0865. The van der Waals surface area contributed by atoms with Gasteiger partial charge in [0.25, 0.3) is 0 Å². The summed E-state index contributed by atoms with van der Waals surface area (Å²) in [6.07, 6.45) is 5.54. The lowest BCUT2D eigenvalue weighted by Gasteiger charge is -2.33. The van der Waals surface area contributed by atoms with E-state index in [4.69, 9.17) is 0 Å². The van der Waals surface area contributed by atoms with Gasteiger partial charge in [-0.25, -0.2) is 0 Å². The van der Waals surface area contributed by atoms with Crippen LogP contribution in [0.3, 0.4) is 0 Å². The van der Waals surface area contributed by atoms with Crippen molar-refractivity contribution in [3.8, 4) is 0 Å². The number of hydrogen-bond donors (Lipinski definition) is 3. The fourth-order valence-electron chi connectivity index (χ4n) is 3.73. The molecule has 0 spiro atoms. The van der Waals surface area contributed by atoms with E-state index in [1.54, 1.807) is 7.05 Å². The second kappa shape index (κ2) is 11.8. The monoisotopic (exact) mass is 401 g/mol. The first-order chi connectivity index (χ1) is 13.9. The summed E-state index contributed by atoms with van der Waals surface area (Å²) in [4.78, 5) is 18.1. The zero-order chi connectivity index (χ0) is 21.1. The molecule has 1 aromatic rings. The van der Waals surface area contributed by atoms with Crippen molar-refractivity contribution in [2.24, 2.45) is 10.4 Å². The molecule has 0 saturated carbocycles. The van der Waals surface area contributed by atoms with Crippen LogP contribution < -0.4 is 16.0 Å². The average molecular weight is 402 g/mol. The number of aliphatic imine (C=N–C) groups is 1. The van der Waals surface area contributed by atoms with E-state index in [-0.39, 0.29) is 11.3 Å². The Morgan fingerprint density at radius 1 is 1.21 bits per heavy atom. The summed E-state index contributed by atoms with van der Waals surface area (Å²) in [6, 6.07) is 11.1. The number of piperidine rings is 1. The van der Waals surface area contributed by atoms with Crippen molar-refractivity contribution in [2.75, 3.05) is 40.3 Å². The molecule has 0 bridgehead atoms. The van der Waals surface area contributed by atoms with Crippen molar-refractivity contribution >= 4 is 11.9 Å². The Labute approximate surface area is 176 Å². The molecule has 0 aromatic heterocycles. The molecule has 6 nitrogen and oxygen atoms in total. The van der Waals surface area contributed by atoms with E-state index < -0.39 is 0 Å². The molecule has 1 aliphatic heterocycles. The standard InChI is InChI=1S/C23H39N5O/c1-23(2,14-8-11-19-9-6-5-7-10-19)18-26-22(25-4)27-20-12-15-28(16-13-20)17-21(29)24-3/h5-7,9-10,20H,8,11-18H2,1-4H3,(H,24,29)(H2,25,26,27). The number of carbonyl (C=O) groups excluding carboxylic acids is 1. The summed E-state index contributed by atoms with van der Waals surface area (Å²) in [5, 5.41) is 9.77. The fraction of sp³-hybridized carbons (Fsp3) is 0.652. The number of aryl methyl sites for hydroxylation is 1. The van der Waals surface area contributed by atoms with Crippen LogP contribution in [0.2, 0.25) is 0 Å². The van der Waals surface area contributed by atoms with Crippen molar-refractivity contribution in [1.29, 1.82) is 0 Å². The van der Waals surface area contributed by atoms with Gasteiger partial charge in [-0.1, -0.05) is 44.2 Å². The minimum Gasteiger partial charge on any atom is -0.358 e. The molecular formula is C23H39N5O. The molecule has 0 radical (unpaired) electrons. The first-order valence-electron chi connectivity index (χ1n) is 10.9. The molecule has 29 heavy (non-hydrogen) atoms. The molecule has 1 amide bonds. The third kappa shape index (κ3) is 8.86. The van der Waals surface area contributed by atoms with Gasteiger partial charge in [-0.2, -0.15) is 0 Å². The molecule has 162 valence electrons. The Morgan fingerprint density at radius 3 is 2.52 bits per heavy atom. The number of likely N-dealkylation sites (N-methyl/N-ethyl adjacent to an activating group) is 1. The van der Waals surface area contributed by atoms with Gasteiger partial charge in [0.2, 0.25) is 5.91 Å². The van der Waals surface area contributed by atoms with Crippen LogP contribution in [0, 0.1) is 5.41 Å². The predicted molar refractivity (Wildman–Crippen MR) is 121 cm³/mol. The molecular weight excluding hydrogens is 362 g/mol. The molecule has 3 N–H and O–H groups in total. The number of hydrogen-bond acceptors (Lipinski definition) is 3. The minimum absolute atomic E-state index is 0.0865. The first kappa shape index (κ1) is 23.2. The number of amides is 1. The van der Waals surface area contributed by atoms with Crippen molar-refractivity contribution < 1.29 is 4.79 Å². The van der Waals surface area contributed by atoms with E-state index in [0.29, 0.717) is 12.6 Å². The van der Waals surface area contributed by atoms with Gasteiger partial charge < -0.3 is 16.0 Å². The van der Waals surface area contributed by atoms with Crippen LogP contribution in [0.15, 0.2) is 35.3 Å². The van der Waals surface area contributed by atoms with E-state index in [2.05, 4.69) is 70.0 Å². The highest BCUT2D eigenvalue weighted by Gasteiger charge is 2.22. The number of likely N-dealkylation sites (tertiary alicyclic amines) is 1. The van der Waals surface area contributed by atoms with Gasteiger partial charge >= 0.3 is 0 Å². The summed E-state index contributed by atoms with van der Waals surface area (Å²) in [7, 11) is 3.52. The van der Waals surface area contributed by atoms with Gasteiger partial charge in [-0.05, 0) is 43.1 Å². The van der Waals surface area contributed by atoms with Gasteiger partial charge in [-0.3, -0.25) is 14.7 Å². The highest BCUT2D eigenvalue weighted by Crippen LogP contribution is 2.22. The van der Waals surface area contributed by atoms with Crippen LogP contribution in [0.5, 0.6) is 0 Å². The summed E-state index contributed by atoms with van der Waals surface area (Å²) < 4.78 is 0. The largest absolute Gasteiger partial charge is 0.358 e. The third-order valence-corrected chi connectivity index (χ3v) is 5.69. The molecule has 1 aromatic carbocycles. The second-order valence-electron chi connectivity index (χ2n) is 8.80. The predicted octanol–water partition coefficient (Wildman–Crippen LogP) is 2.41. The van der Waals surface area contributed by atoms with Gasteiger partial charge in [0.15, 0.2) is 5.96 Å². The Balaban J connectivity index is 1.68. The molecule has 1 heterocycles. The normalized spacial score (nSPS) is 16.5. The number of guanidine groups is 1. The highest BCUT2D eigenvalue weighted by atomic mass is 16.1. The zero-order valence-electron chi connectivity index (χ0n) is 18.6. The molecule has 1 fully saturated rings. The van der Waals surface area contributed by atoms with Crippen molar-refractivity contribution in [3.63, 3.8) is 0 Å². The number of benzene rings is 1. The number of carbonyl (C=O) groups is 1. The van der Waals surface area contributed by atoms with E-state index in [0.717, 1.165) is 44.9 Å². The Hall–Kier alpha value is -2.08. The Morgan fingerprint density at radius 2 is 1.90 bits per heavy atom. The topological polar surface area (TPSA) is 68.8 Å². The Bertz CT molecular complexity index is 636. The summed E-state index contributed by atoms with van der Waals surface area (Å²) in [6.45, 7) is 7.90. The highest BCUT2D eigenvalue weighted by molar-refractivity contribution is 5.80. The smallest absolute Gasteiger partial charge is 0.233 e. The van der Waals surface area contributed by atoms with E-state index in [1.807, 2.05) is 7.05 Å². The molecule has 2 rings (SSSR count). The maximum Gasteiger partial charge on any atom is 0.233 e. The van der Waals surface area contributed by atoms with Crippen molar-refractivity contribution in [3.05, 3.63) is 35.9 Å². The van der Waals surface area contributed by atoms with Gasteiger partial charge in [0.05, 0.1) is 6.54 Å². The SMILES string of the molecule is CN=C(NCC(C)(C)CCCc1ccccc1)NC1CCN(CC(=O)NC)CC1. The lowest BCUT2D eigenvalue weighted by Crippen LogP contribution is -2.51. The van der Waals surface area contributed by atoms with Crippen LogP contribution in [-0.2, 0) is 11.2 Å². The van der Waals surface area contributed by atoms with E-state index >= 15 is 0 Å².